The van der Waals surface area contributed by atoms with Crippen LogP contribution >= 0.6 is 11.3 Å². The molecule has 94 valence electrons. The number of hydrogen-bond acceptors (Lipinski definition) is 2. The lowest BCUT2D eigenvalue weighted by atomic mass is 10.2. The van der Waals surface area contributed by atoms with Crippen LogP contribution in [0.15, 0.2) is 35.0 Å². The molecule has 1 aromatic carbocycles. The van der Waals surface area contributed by atoms with Crippen molar-refractivity contribution in [1.82, 2.24) is 0 Å². The van der Waals surface area contributed by atoms with Crippen LogP contribution in [0.3, 0.4) is 0 Å². The summed E-state index contributed by atoms with van der Waals surface area (Å²) in [6.45, 7) is -0.0965. The van der Waals surface area contributed by atoms with E-state index in [-0.39, 0.29) is 12.1 Å². The number of halogens is 2. The molecule has 0 unspecified atom stereocenters. The summed E-state index contributed by atoms with van der Waals surface area (Å²) in [5.41, 5.74) is 0.748. The van der Waals surface area contributed by atoms with Gasteiger partial charge in [-0.2, -0.15) is 11.3 Å². The SMILES string of the molecule is O=C(O)N(Cc1cc(F)cc(F)c1)c1ccsc1. The topological polar surface area (TPSA) is 40.5 Å². The second-order valence-electron chi connectivity index (χ2n) is 3.63. The highest BCUT2D eigenvalue weighted by Gasteiger charge is 2.16. The maximum absolute atomic E-state index is 13.0. The van der Waals surface area contributed by atoms with E-state index in [2.05, 4.69) is 0 Å². The predicted molar refractivity (Wildman–Crippen MR) is 64.9 cm³/mol. The minimum atomic E-state index is -1.17. The maximum Gasteiger partial charge on any atom is 0.412 e. The van der Waals surface area contributed by atoms with Crippen LogP contribution in [0.25, 0.3) is 0 Å². The molecule has 0 fully saturated rings. The van der Waals surface area contributed by atoms with Crippen LogP contribution in [0.2, 0.25) is 0 Å². The van der Waals surface area contributed by atoms with Crippen molar-refractivity contribution in [2.45, 2.75) is 6.54 Å². The van der Waals surface area contributed by atoms with Crippen molar-refractivity contribution < 1.29 is 18.7 Å². The molecule has 0 aliphatic carbocycles. The predicted octanol–water partition coefficient (Wildman–Crippen LogP) is 3.71. The second kappa shape index (κ2) is 5.14. The Morgan fingerprint density at radius 1 is 1.28 bits per heavy atom. The fourth-order valence-corrected chi connectivity index (χ4v) is 2.21. The van der Waals surface area contributed by atoms with Crippen molar-refractivity contribution in [3.63, 3.8) is 0 Å². The number of carboxylic acid groups (broad SMARTS) is 1. The first-order valence-corrected chi connectivity index (χ1v) is 5.98. The van der Waals surface area contributed by atoms with Crippen molar-refractivity contribution in [3.05, 3.63) is 52.2 Å². The molecule has 1 amide bonds. The van der Waals surface area contributed by atoms with E-state index in [1.54, 1.807) is 16.8 Å². The average molecular weight is 269 g/mol. The summed E-state index contributed by atoms with van der Waals surface area (Å²) in [5, 5.41) is 12.5. The van der Waals surface area contributed by atoms with Crippen LogP contribution in [0.4, 0.5) is 19.3 Å². The van der Waals surface area contributed by atoms with Gasteiger partial charge in [0, 0.05) is 11.4 Å². The summed E-state index contributed by atoms with van der Waals surface area (Å²) in [7, 11) is 0. The Kier molecular flexibility index (Phi) is 3.57. The third kappa shape index (κ3) is 2.84. The summed E-state index contributed by atoms with van der Waals surface area (Å²) in [6, 6.07) is 4.62. The Morgan fingerprint density at radius 3 is 2.44 bits per heavy atom. The van der Waals surface area contributed by atoms with Gasteiger partial charge >= 0.3 is 6.09 Å². The van der Waals surface area contributed by atoms with E-state index in [4.69, 9.17) is 5.11 Å². The third-order valence-corrected chi connectivity index (χ3v) is 2.98. The van der Waals surface area contributed by atoms with E-state index in [9.17, 15) is 13.6 Å². The Balaban J connectivity index is 2.27. The first kappa shape index (κ1) is 12.5. The molecule has 18 heavy (non-hydrogen) atoms. The smallest absolute Gasteiger partial charge is 0.412 e. The lowest BCUT2D eigenvalue weighted by Gasteiger charge is -2.17. The van der Waals surface area contributed by atoms with Gasteiger partial charge in [-0.25, -0.2) is 13.6 Å². The van der Waals surface area contributed by atoms with Gasteiger partial charge in [0.15, 0.2) is 0 Å². The standard InChI is InChI=1S/C12H9F2NO2S/c13-9-3-8(4-10(14)5-9)6-15(12(16)17)11-1-2-18-7-11/h1-5,7H,6H2,(H,16,17). The molecule has 3 nitrogen and oxygen atoms in total. The highest BCUT2D eigenvalue weighted by molar-refractivity contribution is 7.08. The van der Waals surface area contributed by atoms with Gasteiger partial charge in [-0.1, -0.05) is 0 Å². The van der Waals surface area contributed by atoms with Crippen LogP contribution in [0.5, 0.6) is 0 Å². The number of nitrogens with zero attached hydrogens (tertiary/aromatic N) is 1. The number of benzene rings is 1. The van der Waals surface area contributed by atoms with Crippen LogP contribution < -0.4 is 4.90 Å². The number of hydrogen-bond donors (Lipinski definition) is 1. The fourth-order valence-electron chi connectivity index (χ4n) is 1.57. The van der Waals surface area contributed by atoms with Gasteiger partial charge in [0.05, 0.1) is 12.2 Å². The molecule has 1 heterocycles. The van der Waals surface area contributed by atoms with Crippen LogP contribution in [0.1, 0.15) is 5.56 Å². The van der Waals surface area contributed by atoms with Crippen molar-refractivity contribution in [1.29, 1.82) is 0 Å². The summed E-state index contributed by atoms with van der Waals surface area (Å²) in [4.78, 5) is 12.1. The molecule has 0 saturated carbocycles. The Bertz CT molecular complexity index is 537. The van der Waals surface area contributed by atoms with Crippen LogP contribution in [-0.4, -0.2) is 11.2 Å². The Labute approximate surface area is 106 Å². The minimum absolute atomic E-state index is 0.0965. The van der Waals surface area contributed by atoms with E-state index >= 15 is 0 Å². The zero-order chi connectivity index (χ0) is 13.1. The molecule has 2 aromatic rings. The van der Waals surface area contributed by atoms with Gasteiger partial charge in [0.2, 0.25) is 0 Å². The van der Waals surface area contributed by atoms with E-state index in [0.717, 1.165) is 23.1 Å². The molecule has 0 aliphatic rings. The zero-order valence-corrected chi connectivity index (χ0v) is 9.95. The number of anilines is 1. The van der Waals surface area contributed by atoms with Crippen molar-refractivity contribution in [2.24, 2.45) is 0 Å². The first-order chi connectivity index (χ1) is 8.56. The largest absolute Gasteiger partial charge is 0.465 e. The molecule has 1 N–H and O–H groups in total. The van der Waals surface area contributed by atoms with Crippen molar-refractivity contribution in [2.75, 3.05) is 4.90 Å². The summed E-state index contributed by atoms with van der Waals surface area (Å²) < 4.78 is 26.0. The maximum atomic E-state index is 13.0. The van der Waals surface area contributed by atoms with Gasteiger partial charge in [0.1, 0.15) is 11.6 Å². The van der Waals surface area contributed by atoms with Gasteiger partial charge < -0.3 is 5.11 Å². The molecule has 1 aromatic heterocycles. The fraction of sp³-hybridized carbons (Fsp3) is 0.0833. The summed E-state index contributed by atoms with van der Waals surface area (Å²) in [6.07, 6.45) is -1.17. The number of amides is 1. The highest BCUT2D eigenvalue weighted by atomic mass is 32.1. The Morgan fingerprint density at radius 2 is 1.94 bits per heavy atom. The third-order valence-electron chi connectivity index (χ3n) is 2.31. The lowest BCUT2D eigenvalue weighted by Crippen LogP contribution is -2.28. The van der Waals surface area contributed by atoms with Crippen molar-refractivity contribution >= 4 is 23.1 Å². The van der Waals surface area contributed by atoms with Crippen LogP contribution in [0, 0.1) is 11.6 Å². The molecule has 0 atom stereocenters. The molecule has 0 aliphatic heterocycles. The lowest BCUT2D eigenvalue weighted by molar-refractivity contribution is 0.201. The molecule has 2 rings (SSSR count). The van der Waals surface area contributed by atoms with E-state index in [0.29, 0.717) is 5.69 Å². The molecule has 0 saturated heterocycles. The second-order valence-corrected chi connectivity index (χ2v) is 4.41. The molecule has 0 bridgehead atoms. The molecule has 0 radical (unpaired) electrons. The number of carbonyl (C=O) groups is 1. The molecule has 0 spiro atoms. The molecule has 6 heteroatoms. The van der Waals surface area contributed by atoms with Gasteiger partial charge in [-0.15, -0.1) is 0 Å². The quantitative estimate of drug-likeness (QED) is 0.922. The number of rotatable bonds is 3. The van der Waals surface area contributed by atoms with Crippen molar-refractivity contribution in [3.8, 4) is 0 Å². The normalized spacial score (nSPS) is 10.3. The van der Waals surface area contributed by atoms with E-state index in [1.807, 2.05) is 0 Å². The Hall–Kier alpha value is -1.95. The first-order valence-electron chi connectivity index (χ1n) is 5.04. The summed E-state index contributed by atoms with van der Waals surface area (Å²) in [5.74, 6) is -1.44. The zero-order valence-electron chi connectivity index (χ0n) is 9.14. The highest BCUT2D eigenvalue weighted by Crippen LogP contribution is 2.21. The van der Waals surface area contributed by atoms with Gasteiger partial charge in [0.25, 0.3) is 0 Å². The monoisotopic (exact) mass is 269 g/mol. The molecular weight excluding hydrogens is 260 g/mol. The molecular formula is C12H9F2NO2S. The van der Waals surface area contributed by atoms with Crippen LogP contribution in [-0.2, 0) is 6.54 Å². The van der Waals surface area contributed by atoms with Gasteiger partial charge in [-0.05, 0) is 29.1 Å². The number of thiophene rings is 1. The van der Waals surface area contributed by atoms with E-state index < -0.39 is 17.7 Å². The van der Waals surface area contributed by atoms with E-state index in [1.165, 1.54) is 11.3 Å². The summed E-state index contributed by atoms with van der Waals surface area (Å²) >= 11 is 1.35. The minimum Gasteiger partial charge on any atom is -0.465 e. The average Bonchev–Trinajstić information content (AvgIpc) is 2.77. The van der Waals surface area contributed by atoms with Gasteiger partial charge in [-0.3, -0.25) is 4.90 Å².